The molecule has 1 aliphatic heterocycles. The largest absolute Gasteiger partial charge is 0.492 e. The van der Waals surface area contributed by atoms with Gasteiger partial charge in [0.15, 0.2) is 0 Å². The highest BCUT2D eigenvalue weighted by Gasteiger charge is 2.16. The second-order valence-electron chi connectivity index (χ2n) is 5.55. The van der Waals surface area contributed by atoms with Crippen molar-refractivity contribution < 1.29 is 9.53 Å². The average molecular weight is 340 g/mol. The molecule has 1 aromatic rings. The van der Waals surface area contributed by atoms with Crippen LogP contribution in [0.25, 0.3) is 0 Å². The molecule has 1 atom stereocenters. The number of unbranched alkanes of at least 4 members (excludes halogenated alkanes) is 1. The Kier molecular flexibility index (Phi) is 8.02. The van der Waals surface area contributed by atoms with E-state index in [1.807, 2.05) is 59.0 Å². The van der Waals surface area contributed by atoms with E-state index < -0.39 is 0 Å². The summed E-state index contributed by atoms with van der Waals surface area (Å²) in [4.78, 5) is 13.8. The zero-order valence-corrected chi connectivity index (χ0v) is 14.8. The molecule has 1 aromatic carbocycles. The Balaban J connectivity index is 1.52. The normalized spacial score (nSPS) is 17.4. The number of para-hydroxylation sites is 1. The molecule has 0 radical (unpaired) electrons. The maximum Gasteiger partial charge on any atom is 0.222 e. The summed E-state index contributed by atoms with van der Waals surface area (Å²) in [6.45, 7) is 1.19. The van der Waals surface area contributed by atoms with E-state index in [1.165, 1.54) is 25.0 Å². The molecule has 3 nitrogen and oxygen atoms in total. The van der Waals surface area contributed by atoms with Gasteiger partial charge in [-0.3, -0.25) is 4.79 Å². The standard InChI is InChI=1S/C17H25NO2S2/c1-18(12-13-20-15-7-3-2-4-8-15)17(19)10-6-5-9-16-11-14-21-22-16/h2-4,7-8,16H,5-6,9-14H2,1H3. The van der Waals surface area contributed by atoms with E-state index in [4.69, 9.17) is 4.74 Å². The molecule has 122 valence electrons. The van der Waals surface area contributed by atoms with Gasteiger partial charge in [-0.25, -0.2) is 0 Å². The molecule has 1 fully saturated rings. The number of amides is 1. The van der Waals surface area contributed by atoms with Crippen molar-refractivity contribution >= 4 is 27.5 Å². The van der Waals surface area contributed by atoms with Crippen LogP contribution >= 0.6 is 21.6 Å². The third-order valence-corrected chi connectivity index (χ3v) is 6.77. The third-order valence-electron chi connectivity index (χ3n) is 3.76. The van der Waals surface area contributed by atoms with Gasteiger partial charge in [0.1, 0.15) is 12.4 Å². The number of rotatable bonds is 9. The Hall–Kier alpha value is -0.810. The summed E-state index contributed by atoms with van der Waals surface area (Å²) in [5, 5.41) is 0.817. The second-order valence-corrected chi connectivity index (χ2v) is 8.34. The molecular weight excluding hydrogens is 314 g/mol. The number of benzene rings is 1. The first-order valence-corrected chi connectivity index (χ1v) is 10.3. The quantitative estimate of drug-likeness (QED) is 0.497. The highest BCUT2D eigenvalue weighted by molar-refractivity contribution is 8.77. The maximum atomic E-state index is 12.0. The number of ether oxygens (including phenoxy) is 1. The van der Waals surface area contributed by atoms with Gasteiger partial charge in [0, 0.05) is 24.5 Å². The van der Waals surface area contributed by atoms with E-state index in [-0.39, 0.29) is 5.91 Å². The summed E-state index contributed by atoms with van der Waals surface area (Å²) in [5.41, 5.74) is 0. The molecule has 0 N–H and O–H groups in total. The molecule has 5 heteroatoms. The third kappa shape index (κ3) is 6.53. The Morgan fingerprint density at radius 1 is 1.32 bits per heavy atom. The van der Waals surface area contributed by atoms with Crippen LogP contribution in [0, 0.1) is 0 Å². The van der Waals surface area contributed by atoms with Crippen LogP contribution in [0.1, 0.15) is 32.1 Å². The smallest absolute Gasteiger partial charge is 0.222 e. The maximum absolute atomic E-state index is 12.0. The number of carbonyl (C=O) groups excluding carboxylic acids is 1. The Labute approximate surface area is 141 Å². The van der Waals surface area contributed by atoms with Gasteiger partial charge in [-0.2, -0.15) is 0 Å². The van der Waals surface area contributed by atoms with Crippen molar-refractivity contribution in [3.8, 4) is 5.75 Å². The van der Waals surface area contributed by atoms with Gasteiger partial charge in [-0.05, 0) is 31.4 Å². The molecular formula is C17H25NO2S2. The van der Waals surface area contributed by atoms with Crippen molar-refractivity contribution in [1.29, 1.82) is 0 Å². The van der Waals surface area contributed by atoms with Gasteiger partial charge in [-0.1, -0.05) is 46.2 Å². The highest BCUT2D eigenvalue weighted by Crippen LogP contribution is 2.39. The Morgan fingerprint density at radius 2 is 2.14 bits per heavy atom. The van der Waals surface area contributed by atoms with Gasteiger partial charge >= 0.3 is 0 Å². The molecule has 0 bridgehead atoms. The zero-order valence-electron chi connectivity index (χ0n) is 13.2. The summed E-state index contributed by atoms with van der Waals surface area (Å²) in [5.74, 6) is 2.37. The summed E-state index contributed by atoms with van der Waals surface area (Å²) in [7, 11) is 5.87. The van der Waals surface area contributed by atoms with Crippen LogP contribution in [0.3, 0.4) is 0 Å². The molecule has 1 heterocycles. The van der Waals surface area contributed by atoms with E-state index in [1.54, 1.807) is 4.90 Å². The summed E-state index contributed by atoms with van der Waals surface area (Å²) < 4.78 is 5.62. The van der Waals surface area contributed by atoms with Crippen molar-refractivity contribution in [3.63, 3.8) is 0 Å². The van der Waals surface area contributed by atoms with Crippen molar-refractivity contribution in [2.24, 2.45) is 0 Å². The van der Waals surface area contributed by atoms with Gasteiger partial charge < -0.3 is 9.64 Å². The lowest BCUT2D eigenvalue weighted by Gasteiger charge is -2.17. The van der Waals surface area contributed by atoms with Gasteiger partial charge in [0.2, 0.25) is 5.91 Å². The molecule has 1 saturated heterocycles. The highest BCUT2D eigenvalue weighted by atomic mass is 33.1. The van der Waals surface area contributed by atoms with Crippen LogP contribution in [0.4, 0.5) is 0 Å². The van der Waals surface area contributed by atoms with E-state index in [9.17, 15) is 4.79 Å². The minimum absolute atomic E-state index is 0.227. The molecule has 0 saturated carbocycles. The van der Waals surface area contributed by atoms with Crippen molar-refractivity contribution in [2.45, 2.75) is 37.4 Å². The predicted octanol–water partition coefficient (Wildman–Crippen LogP) is 4.24. The number of hydrogen-bond donors (Lipinski definition) is 0. The molecule has 1 unspecified atom stereocenters. The van der Waals surface area contributed by atoms with Gasteiger partial charge in [0.25, 0.3) is 0 Å². The second kappa shape index (κ2) is 10.1. The predicted molar refractivity (Wildman–Crippen MR) is 96.5 cm³/mol. The lowest BCUT2D eigenvalue weighted by atomic mass is 10.1. The minimum Gasteiger partial charge on any atom is -0.492 e. The summed E-state index contributed by atoms with van der Waals surface area (Å²) in [6, 6.07) is 9.73. The van der Waals surface area contributed by atoms with Crippen molar-refractivity contribution in [1.82, 2.24) is 4.90 Å². The molecule has 0 aliphatic carbocycles. The molecule has 2 rings (SSSR count). The van der Waals surface area contributed by atoms with Crippen LogP contribution in [0.2, 0.25) is 0 Å². The minimum atomic E-state index is 0.227. The zero-order chi connectivity index (χ0) is 15.6. The van der Waals surface area contributed by atoms with Crippen molar-refractivity contribution in [2.75, 3.05) is 26.0 Å². The molecule has 1 amide bonds. The van der Waals surface area contributed by atoms with E-state index in [0.29, 0.717) is 19.6 Å². The molecule has 1 aliphatic rings. The van der Waals surface area contributed by atoms with Crippen LogP contribution in [-0.2, 0) is 4.79 Å². The fraction of sp³-hybridized carbons (Fsp3) is 0.588. The molecule has 0 spiro atoms. The van der Waals surface area contributed by atoms with Gasteiger partial charge in [-0.15, -0.1) is 0 Å². The summed E-state index contributed by atoms with van der Waals surface area (Å²) in [6.07, 6.45) is 5.42. The van der Waals surface area contributed by atoms with Crippen LogP contribution in [0.15, 0.2) is 30.3 Å². The monoisotopic (exact) mass is 339 g/mol. The van der Waals surface area contributed by atoms with Crippen LogP contribution < -0.4 is 4.74 Å². The van der Waals surface area contributed by atoms with E-state index in [2.05, 4.69) is 0 Å². The number of carbonyl (C=O) groups is 1. The molecule has 0 aromatic heterocycles. The first kappa shape index (κ1) is 17.5. The average Bonchev–Trinajstić information content (AvgIpc) is 3.05. The Morgan fingerprint density at radius 3 is 2.86 bits per heavy atom. The van der Waals surface area contributed by atoms with Crippen molar-refractivity contribution in [3.05, 3.63) is 30.3 Å². The first-order chi connectivity index (χ1) is 10.8. The lowest BCUT2D eigenvalue weighted by Crippen LogP contribution is -2.30. The fourth-order valence-electron chi connectivity index (χ4n) is 2.35. The fourth-order valence-corrected chi connectivity index (χ4v) is 5.37. The number of nitrogens with zero attached hydrogens (tertiary/aromatic N) is 1. The number of hydrogen-bond acceptors (Lipinski definition) is 4. The SMILES string of the molecule is CN(CCOc1ccccc1)C(=O)CCCCC1CCSS1. The summed E-state index contributed by atoms with van der Waals surface area (Å²) >= 11 is 0. The Bertz CT molecular complexity index is 436. The van der Waals surface area contributed by atoms with E-state index >= 15 is 0 Å². The van der Waals surface area contributed by atoms with Crippen LogP contribution in [0.5, 0.6) is 5.75 Å². The van der Waals surface area contributed by atoms with Crippen LogP contribution in [-0.4, -0.2) is 42.0 Å². The lowest BCUT2D eigenvalue weighted by molar-refractivity contribution is -0.130. The van der Waals surface area contributed by atoms with E-state index in [0.717, 1.165) is 17.4 Å². The number of likely N-dealkylation sites (N-methyl/N-ethyl adjacent to an activating group) is 1. The molecule has 22 heavy (non-hydrogen) atoms. The topological polar surface area (TPSA) is 29.5 Å². The first-order valence-electron chi connectivity index (χ1n) is 7.96. The van der Waals surface area contributed by atoms with Gasteiger partial charge in [0.05, 0.1) is 6.54 Å².